The summed E-state index contributed by atoms with van der Waals surface area (Å²) in [5, 5.41) is 1.88. The zero-order valence-corrected chi connectivity index (χ0v) is 9.24. The Morgan fingerprint density at radius 1 is 1.67 bits per heavy atom. The zero-order chi connectivity index (χ0) is 5.98. The van der Waals surface area contributed by atoms with Gasteiger partial charge in [-0.2, -0.15) is 5.38 Å². The summed E-state index contributed by atoms with van der Waals surface area (Å²) in [5.41, 5.74) is 1.08. The van der Waals surface area contributed by atoms with E-state index in [1.165, 1.54) is 11.5 Å². The van der Waals surface area contributed by atoms with E-state index in [0.717, 1.165) is 5.69 Å². The predicted octanol–water partition coefficient (Wildman–Crippen LogP) is 2.06. The molecule has 47 valence electrons. The van der Waals surface area contributed by atoms with E-state index in [2.05, 4.69) is 24.3 Å². The van der Waals surface area contributed by atoms with Crippen molar-refractivity contribution in [3.63, 3.8) is 0 Å². The molecule has 0 amide bonds. The topological polar surface area (TPSA) is 12.9 Å². The molecule has 0 aliphatic rings. The van der Waals surface area contributed by atoms with Crippen LogP contribution in [0.1, 0.15) is 25.5 Å². The maximum Gasteiger partial charge on any atom is 0 e. The first-order valence-electron chi connectivity index (χ1n) is 2.62. The van der Waals surface area contributed by atoms with Crippen molar-refractivity contribution in [1.82, 2.24) is 4.37 Å². The fourth-order valence-corrected chi connectivity index (χ4v) is 1.07. The Bertz CT molecular complexity index is 148. The molecule has 1 aromatic heterocycles. The normalized spacial score (nSPS) is 9.22. The van der Waals surface area contributed by atoms with Crippen LogP contribution < -0.4 is 0 Å². The summed E-state index contributed by atoms with van der Waals surface area (Å²) in [6.07, 6.45) is 0. The molecule has 0 N–H and O–H groups in total. The van der Waals surface area contributed by atoms with Gasteiger partial charge in [-0.15, -0.1) is 5.69 Å². The summed E-state index contributed by atoms with van der Waals surface area (Å²) >= 11 is 1.46. The van der Waals surface area contributed by atoms with Gasteiger partial charge in [-0.25, -0.2) is 4.37 Å². The van der Waals surface area contributed by atoms with Gasteiger partial charge in [0.15, 0.2) is 0 Å². The van der Waals surface area contributed by atoms with E-state index in [0.29, 0.717) is 5.92 Å². The van der Waals surface area contributed by atoms with Gasteiger partial charge in [0.05, 0.1) is 0 Å². The van der Waals surface area contributed by atoms with Gasteiger partial charge in [0.25, 0.3) is 0 Å². The quantitative estimate of drug-likeness (QED) is 0.653. The Balaban J connectivity index is 0.000000640. The molecule has 0 fully saturated rings. The molecule has 9 heavy (non-hydrogen) atoms. The maximum absolute atomic E-state index is 4.10. The smallest absolute Gasteiger partial charge is 0 e. The Morgan fingerprint density at radius 3 is 2.56 bits per heavy atom. The van der Waals surface area contributed by atoms with Crippen molar-refractivity contribution in [2.24, 2.45) is 0 Å². The predicted molar refractivity (Wildman–Crippen MR) is 35.0 cm³/mol. The standard InChI is InChI=1S/C6H8NS.Y/c1-5(2)6-3-4-8-7-6;/h4-5H,1-2H3;/q-1;. The van der Waals surface area contributed by atoms with E-state index in [4.69, 9.17) is 0 Å². The van der Waals surface area contributed by atoms with Crippen molar-refractivity contribution in [2.75, 3.05) is 0 Å². The number of rotatable bonds is 1. The molecule has 0 spiro atoms. The van der Waals surface area contributed by atoms with E-state index in [9.17, 15) is 0 Å². The molecule has 0 unspecified atom stereocenters. The third-order valence-corrected chi connectivity index (χ3v) is 1.48. The van der Waals surface area contributed by atoms with Crippen LogP contribution in [-0.4, -0.2) is 4.37 Å². The van der Waals surface area contributed by atoms with Crippen LogP contribution in [0.3, 0.4) is 0 Å². The molecule has 1 aromatic rings. The van der Waals surface area contributed by atoms with Crippen molar-refractivity contribution >= 4 is 11.5 Å². The first kappa shape index (κ1) is 9.73. The molecule has 0 saturated carbocycles. The van der Waals surface area contributed by atoms with E-state index < -0.39 is 0 Å². The van der Waals surface area contributed by atoms with Gasteiger partial charge in [-0.3, -0.25) is 0 Å². The molecule has 0 atom stereocenters. The SMILES string of the molecule is CC(C)c1[c-]csn1.[Y]. The van der Waals surface area contributed by atoms with Crippen LogP contribution in [0.4, 0.5) is 0 Å². The molecule has 1 rings (SSSR count). The summed E-state index contributed by atoms with van der Waals surface area (Å²) in [6, 6.07) is 3.04. The van der Waals surface area contributed by atoms with Crippen LogP contribution in [0.2, 0.25) is 0 Å². The van der Waals surface area contributed by atoms with Crippen molar-refractivity contribution in [1.29, 1.82) is 0 Å². The fourth-order valence-electron chi connectivity index (χ4n) is 0.468. The van der Waals surface area contributed by atoms with Crippen LogP contribution in [0.5, 0.6) is 0 Å². The molecule has 1 heterocycles. The summed E-state index contributed by atoms with van der Waals surface area (Å²) < 4.78 is 4.10. The number of hydrogen-bond donors (Lipinski definition) is 0. The second-order valence-electron chi connectivity index (χ2n) is 2.00. The zero-order valence-electron chi connectivity index (χ0n) is 5.59. The van der Waals surface area contributed by atoms with Gasteiger partial charge in [0, 0.05) is 32.7 Å². The van der Waals surface area contributed by atoms with Crippen molar-refractivity contribution in [3.8, 4) is 0 Å². The summed E-state index contributed by atoms with van der Waals surface area (Å²) in [4.78, 5) is 0. The third-order valence-electron chi connectivity index (χ3n) is 0.957. The van der Waals surface area contributed by atoms with E-state index >= 15 is 0 Å². The van der Waals surface area contributed by atoms with Gasteiger partial charge in [0.2, 0.25) is 0 Å². The van der Waals surface area contributed by atoms with Crippen molar-refractivity contribution in [2.45, 2.75) is 19.8 Å². The second-order valence-corrected chi connectivity index (χ2v) is 2.63. The van der Waals surface area contributed by atoms with Gasteiger partial charge in [-0.05, 0) is 5.92 Å². The first-order valence-corrected chi connectivity index (χ1v) is 3.46. The van der Waals surface area contributed by atoms with Crippen LogP contribution >= 0.6 is 11.5 Å². The maximum atomic E-state index is 4.10. The number of aromatic nitrogens is 1. The molecular weight excluding hydrogens is 207 g/mol. The molecular formula is C6H8NSY-. The third kappa shape index (κ3) is 2.88. The Morgan fingerprint density at radius 2 is 2.33 bits per heavy atom. The van der Waals surface area contributed by atoms with Crippen molar-refractivity contribution in [3.05, 3.63) is 17.1 Å². The second kappa shape index (κ2) is 4.53. The Hall–Kier alpha value is 0.734. The van der Waals surface area contributed by atoms with Gasteiger partial charge in [-0.1, -0.05) is 25.4 Å². The monoisotopic (exact) mass is 215 g/mol. The minimum Gasteiger partial charge on any atom is -0.436 e. The minimum atomic E-state index is 0. The van der Waals surface area contributed by atoms with E-state index in [1.54, 1.807) is 0 Å². The van der Waals surface area contributed by atoms with Crippen LogP contribution in [0.25, 0.3) is 0 Å². The Labute approximate surface area is 84.9 Å². The van der Waals surface area contributed by atoms with Crippen LogP contribution in [0, 0.1) is 6.07 Å². The van der Waals surface area contributed by atoms with Crippen molar-refractivity contribution < 1.29 is 32.7 Å². The number of hydrogen-bond acceptors (Lipinski definition) is 2. The molecule has 0 aliphatic heterocycles. The minimum absolute atomic E-state index is 0. The number of nitrogens with zero attached hydrogens (tertiary/aromatic N) is 1. The average Bonchev–Trinajstić information content (AvgIpc) is 2.12. The summed E-state index contributed by atoms with van der Waals surface area (Å²) in [5.74, 6) is 0.529. The van der Waals surface area contributed by atoms with Gasteiger partial charge >= 0.3 is 0 Å². The molecule has 1 radical (unpaired) electrons. The van der Waals surface area contributed by atoms with E-state index in [-0.39, 0.29) is 32.7 Å². The van der Waals surface area contributed by atoms with Gasteiger partial charge < -0.3 is 6.07 Å². The Kier molecular flexibility index (Phi) is 4.90. The molecule has 0 aliphatic carbocycles. The summed E-state index contributed by atoms with van der Waals surface area (Å²) in [6.45, 7) is 4.23. The van der Waals surface area contributed by atoms with E-state index in [1.807, 2.05) is 5.38 Å². The molecule has 0 aromatic carbocycles. The molecule has 0 saturated heterocycles. The first-order chi connectivity index (χ1) is 3.80. The molecule has 0 bridgehead atoms. The average molecular weight is 215 g/mol. The molecule has 3 heteroatoms. The van der Waals surface area contributed by atoms with Crippen LogP contribution in [0.15, 0.2) is 5.38 Å². The summed E-state index contributed by atoms with van der Waals surface area (Å²) in [7, 11) is 0. The fraction of sp³-hybridized carbons (Fsp3) is 0.500. The molecule has 1 nitrogen and oxygen atoms in total. The van der Waals surface area contributed by atoms with Crippen LogP contribution in [-0.2, 0) is 32.7 Å². The van der Waals surface area contributed by atoms with Gasteiger partial charge in [0.1, 0.15) is 0 Å². The largest absolute Gasteiger partial charge is 0.436 e.